The Morgan fingerprint density at radius 2 is 1.39 bits per heavy atom. The van der Waals surface area contributed by atoms with Crippen molar-refractivity contribution in [2.75, 3.05) is 18.1 Å². The number of carboxylic acids is 1. The number of nitrogens with one attached hydrogen (secondary N) is 3. The Morgan fingerprint density at radius 3 is 1.87 bits per heavy atom. The zero-order chi connectivity index (χ0) is 23.6. The standard InChI is InChI=1S/C18H26N4O7S2/c19-11(7-30)15(25)21-13(6-23)17(27)20-12(5-9-1-3-10(24)4-2-9)16(26)22-14(8-31)18(28)29/h1-4,11-14,23-24,30-31H,5-8,19H2,(H,20,27)(H,21,25)(H,22,26)(H,28,29)/t11-,12-,13-,14-/m0/s1. The Balaban J connectivity index is 3.01. The zero-order valence-electron chi connectivity index (χ0n) is 16.4. The Morgan fingerprint density at radius 1 is 0.871 bits per heavy atom. The van der Waals surface area contributed by atoms with E-state index in [0.29, 0.717) is 5.56 Å². The molecule has 1 aromatic rings. The van der Waals surface area contributed by atoms with Gasteiger partial charge in [0.25, 0.3) is 0 Å². The van der Waals surface area contributed by atoms with E-state index in [2.05, 4.69) is 41.2 Å². The summed E-state index contributed by atoms with van der Waals surface area (Å²) in [7, 11) is 0. The third-order valence-corrected chi connectivity index (χ3v) is 4.91. The smallest absolute Gasteiger partial charge is 0.327 e. The summed E-state index contributed by atoms with van der Waals surface area (Å²) in [5.41, 5.74) is 6.09. The topological polar surface area (TPSA) is 191 Å². The number of aliphatic hydroxyl groups excluding tert-OH is 1. The van der Waals surface area contributed by atoms with Crippen LogP contribution in [0.3, 0.4) is 0 Å². The second-order valence-electron chi connectivity index (χ2n) is 6.55. The molecule has 3 amide bonds. The van der Waals surface area contributed by atoms with E-state index in [4.69, 9.17) is 10.8 Å². The maximum absolute atomic E-state index is 12.7. The quantitative estimate of drug-likeness (QED) is 0.150. The number of phenols is 1. The van der Waals surface area contributed by atoms with Crippen LogP contribution in [0.25, 0.3) is 0 Å². The van der Waals surface area contributed by atoms with Gasteiger partial charge in [-0.1, -0.05) is 12.1 Å². The lowest BCUT2D eigenvalue weighted by Crippen LogP contribution is -2.58. The van der Waals surface area contributed by atoms with Gasteiger partial charge in [0.05, 0.1) is 12.6 Å². The summed E-state index contributed by atoms with van der Waals surface area (Å²) in [6, 6.07) is 0.866. The lowest BCUT2D eigenvalue weighted by Gasteiger charge is -2.24. The average molecular weight is 475 g/mol. The van der Waals surface area contributed by atoms with Crippen molar-refractivity contribution >= 4 is 48.9 Å². The van der Waals surface area contributed by atoms with Crippen molar-refractivity contribution in [1.82, 2.24) is 16.0 Å². The van der Waals surface area contributed by atoms with E-state index in [9.17, 15) is 29.4 Å². The molecule has 0 aromatic heterocycles. The molecule has 1 aromatic carbocycles. The van der Waals surface area contributed by atoms with Crippen LogP contribution in [-0.4, -0.2) is 81.3 Å². The maximum atomic E-state index is 12.7. The van der Waals surface area contributed by atoms with Crippen LogP contribution in [0.15, 0.2) is 24.3 Å². The van der Waals surface area contributed by atoms with Gasteiger partial charge >= 0.3 is 5.97 Å². The summed E-state index contributed by atoms with van der Waals surface area (Å²) < 4.78 is 0. The van der Waals surface area contributed by atoms with Gasteiger partial charge in [0, 0.05) is 17.9 Å². The lowest BCUT2D eigenvalue weighted by molar-refractivity contribution is -0.141. The van der Waals surface area contributed by atoms with Crippen LogP contribution in [0, 0.1) is 0 Å². The first-order chi connectivity index (χ1) is 14.6. The molecule has 0 spiro atoms. The molecule has 8 N–H and O–H groups in total. The highest BCUT2D eigenvalue weighted by atomic mass is 32.1. The average Bonchev–Trinajstić information content (AvgIpc) is 2.75. The molecule has 1 rings (SSSR count). The molecule has 4 atom stereocenters. The number of benzene rings is 1. The van der Waals surface area contributed by atoms with Crippen molar-refractivity contribution in [3.8, 4) is 5.75 Å². The van der Waals surface area contributed by atoms with Crippen molar-refractivity contribution in [3.63, 3.8) is 0 Å². The molecule has 0 heterocycles. The number of phenolic OH excluding ortho intramolecular Hbond substituents is 1. The summed E-state index contributed by atoms with van der Waals surface area (Å²) in [6.45, 7) is -0.765. The molecule has 31 heavy (non-hydrogen) atoms. The third-order valence-electron chi connectivity index (χ3n) is 4.16. The van der Waals surface area contributed by atoms with Crippen LogP contribution in [0.5, 0.6) is 5.75 Å². The number of carbonyl (C=O) groups excluding carboxylic acids is 3. The lowest BCUT2D eigenvalue weighted by atomic mass is 10.0. The molecule has 0 bridgehead atoms. The molecule has 0 saturated carbocycles. The van der Waals surface area contributed by atoms with Gasteiger partial charge in [0.15, 0.2) is 0 Å². The van der Waals surface area contributed by atoms with Crippen molar-refractivity contribution in [3.05, 3.63) is 29.8 Å². The van der Waals surface area contributed by atoms with Crippen LogP contribution in [-0.2, 0) is 25.6 Å². The monoisotopic (exact) mass is 474 g/mol. The molecule has 0 aliphatic carbocycles. The first-order valence-electron chi connectivity index (χ1n) is 9.12. The molecule has 0 aliphatic rings. The Kier molecular flexibility index (Phi) is 11.2. The zero-order valence-corrected chi connectivity index (χ0v) is 18.2. The number of aromatic hydroxyl groups is 1. The maximum Gasteiger partial charge on any atom is 0.327 e. The molecular formula is C18H26N4O7S2. The Hall–Kier alpha value is -2.48. The van der Waals surface area contributed by atoms with Gasteiger partial charge in [-0.3, -0.25) is 14.4 Å². The molecule has 0 fully saturated rings. The largest absolute Gasteiger partial charge is 0.508 e. The van der Waals surface area contributed by atoms with Crippen molar-refractivity contribution in [1.29, 1.82) is 0 Å². The van der Waals surface area contributed by atoms with E-state index in [1.54, 1.807) is 0 Å². The summed E-state index contributed by atoms with van der Waals surface area (Å²) in [5.74, 6) is -3.88. The van der Waals surface area contributed by atoms with E-state index in [1.807, 2.05) is 0 Å². The number of nitrogens with two attached hydrogens (primary N) is 1. The number of thiol groups is 2. The fourth-order valence-corrected chi connectivity index (χ4v) is 2.78. The fraction of sp³-hybridized carbons (Fsp3) is 0.444. The van der Waals surface area contributed by atoms with Gasteiger partial charge in [-0.25, -0.2) is 4.79 Å². The minimum Gasteiger partial charge on any atom is -0.508 e. The van der Waals surface area contributed by atoms with E-state index in [0.717, 1.165) is 0 Å². The number of aliphatic carboxylic acids is 1. The molecule has 0 unspecified atom stereocenters. The number of carbonyl (C=O) groups is 4. The third kappa shape index (κ3) is 8.65. The molecular weight excluding hydrogens is 448 g/mol. The second kappa shape index (κ2) is 13.0. The number of carboxylic acid groups (broad SMARTS) is 1. The van der Waals surface area contributed by atoms with Crippen LogP contribution in [0.1, 0.15) is 5.56 Å². The number of hydrogen-bond acceptors (Lipinski definition) is 9. The van der Waals surface area contributed by atoms with Gasteiger partial charge in [-0.15, -0.1) is 0 Å². The molecule has 13 heteroatoms. The minimum absolute atomic E-state index is 0.00149. The van der Waals surface area contributed by atoms with Gasteiger partial charge in [-0.2, -0.15) is 25.3 Å². The summed E-state index contributed by atoms with van der Waals surface area (Å²) in [6.07, 6.45) is -0.0565. The second-order valence-corrected chi connectivity index (χ2v) is 7.28. The molecule has 172 valence electrons. The molecule has 0 aliphatic heterocycles. The highest BCUT2D eigenvalue weighted by Gasteiger charge is 2.29. The first kappa shape index (κ1) is 26.6. The SMILES string of the molecule is N[C@@H](CS)C(=O)N[C@@H](CO)C(=O)N[C@@H](Cc1ccc(O)cc1)C(=O)N[C@@H](CS)C(=O)O. The van der Waals surface area contributed by atoms with Gasteiger partial charge < -0.3 is 37.0 Å². The Bertz CT molecular complexity index is 779. The highest BCUT2D eigenvalue weighted by molar-refractivity contribution is 7.80. The number of hydrogen-bond donors (Lipinski definition) is 9. The fourth-order valence-electron chi connectivity index (χ4n) is 2.36. The van der Waals surface area contributed by atoms with Crippen LogP contribution in [0.2, 0.25) is 0 Å². The predicted molar refractivity (Wildman–Crippen MR) is 118 cm³/mol. The first-order valence-corrected chi connectivity index (χ1v) is 10.4. The van der Waals surface area contributed by atoms with E-state index >= 15 is 0 Å². The minimum atomic E-state index is -1.39. The van der Waals surface area contributed by atoms with Crippen molar-refractivity contribution in [2.24, 2.45) is 5.73 Å². The number of aliphatic hydroxyl groups is 1. The highest BCUT2D eigenvalue weighted by Crippen LogP contribution is 2.12. The van der Waals surface area contributed by atoms with Gasteiger partial charge in [-0.05, 0) is 17.7 Å². The van der Waals surface area contributed by atoms with Crippen LogP contribution in [0.4, 0.5) is 0 Å². The van der Waals surface area contributed by atoms with E-state index in [1.165, 1.54) is 24.3 Å². The molecule has 0 radical (unpaired) electrons. The number of amides is 3. The summed E-state index contributed by atoms with van der Waals surface area (Å²) in [4.78, 5) is 48.3. The van der Waals surface area contributed by atoms with Gasteiger partial charge in [0.1, 0.15) is 23.9 Å². The Labute approximate surface area is 189 Å². The number of rotatable bonds is 12. The normalized spacial score (nSPS) is 14.6. The van der Waals surface area contributed by atoms with E-state index < -0.39 is 54.5 Å². The van der Waals surface area contributed by atoms with Crippen LogP contribution < -0.4 is 21.7 Å². The van der Waals surface area contributed by atoms with Crippen molar-refractivity contribution in [2.45, 2.75) is 30.6 Å². The van der Waals surface area contributed by atoms with Gasteiger partial charge in [0.2, 0.25) is 17.7 Å². The summed E-state index contributed by atoms with van der Waals surface area (Å²) in [5, 5.41) is 34.9. The molecule has 11 nitrogen and oxygen atoms in total. The molecule has 0 saturated heterocycles. The predicted octanol–water partition coefficient (Wildman–Crippen LogP) is -2.35. The van der Waals surface area contributed by atoms with Crippen LogP contribution >= 0.6 is 25.3 Å². The van der Waals surface area contributed by atoms with Crippen molar-refractivity contribution < 1.29 is 34.5 Å². The summed E-state index contributed by atoms with van der Waals surface area (Å²) >= 11 is 7.77. The van der Waals surface area contributed by atoms with E-state index in [-0.39, 0.29) is 23.7 Å².